The smallest absolute Gasteiger partial charge is 0.346 e. The first kappa shape index (κ1) is 19.1. The second kappa shape index (κ2) is 6.98. The van der Waals surface area contributed by atoms with E-state index in [2.05, 4.69) is 10.3 Å². The first-order valence-electron chi connectivity index (χ1n) is 10.3. The molecule has 1 aliphatic carbocycles. The molecule has 2 aliphatic rings. The van der Waals surface area contributed by atoms with Crippen LogP contribution >= 0.6 is 0 Å². The van der Waals surface area contributed by atoms with E-state index in [0.717, 1.165) is 6.07 Å². The molecule has 164 valence electrons. The molecule has 2 aromatic carbocycles. The Balaban J connectivity index is 1.20. The van der Waals surface area contributed by atoms with Gasteiger partial charge in [0.15, 0.2) is 5.58 Å². The lowest BCUT2D eigenvalue weighted by Gasteiger charge is -2.34. The van der Waals surface area contributed by atoms with Gasteiger partial charge in [-0.3, -0.25) is 4.57 Å². The standard InChI is InChI=1S/C22H17F3N4O3/c23-12-1-2-17-19(8-12)32-27-21(17)31-16-9-15(10-16)29-22(30)28-18(3-4-20(28)26-29)11-5-13(24)7-14(25)6-11/h1-2,5-8,15-16,18H,3-4,9-10H2/t15?,16?,18-/m0/s1. The summed E-state index contributed by atoms with van der Waals surface area (Å²) in [4.78, 5) is 13.1. The fraction of sp³-hybridized carbons (Fsp3) is 0.318. The molecule has 1 saturated carbocycles. The van der Waals surface area contributed by atoms with Gasteiger partial charge in [-0.25, -0.2) is 22.6 Å². The molecule has 0 unspecified atom stereocenters. The maximum atomic E-state index is 13.7. The minimum absolute atomic E-state index is 0.147. The van der Waals surface area contributed by atoms with Gasteiger partial charge in [0, 0.05) is 31.4 Å². The second-order valence-corrected chi connectivity index (χ2v) is 8.26. The second-order valence-electron chi connectivity index (χ2n) is 8.26. The summed E-state index contributed by atoms with van der Waals surface area (Å²) in [7, 11) is 0. The Kier molecular flexibility index (Phi) is 4.17. The van der Waals surface area contributed by atoms with E-state index in [1.54, 1.807) is 6.07 Å². The van der Waals surface area contributed by atoms with E-state index in [9.17, 15) is 18.0 Å². The van der Waals surface area contributed by atoms with Gasteiger partial charge in [-0.1, -0.05) is 0 Å². The molecule has 1 atom stereocenters. The van der Waals surface area contributed by atoms with Crippen LogP contribution < -0.4 is 10.4 Å². The molecular formula is C22H17F3N4O3. The zero-order valence-electron chi connectivity index (χ0n) is 16.7. The SMILES string of the molecule is O=c1n(C2CC(Oc3noc4cc(F)ccc34)C2)nc2n1[C@H](c1cc(F)cc(F)c1)CC2. The zero-order valence-corrected chi connectivity index (χ0v) is 16.7. The first-order valence-corrected chi connectivity index (χ1v) is 10.3. The highest BCUT2D eigenvalue weighted by Crippen LogP contribution is 2.37. The van der Waals surface area contributed by atoms with Crippen LogP contribution in [0.15, 0.2) is 45.7 Å². The number of halogens is 3. The minimum atomic E-state index is -0.670. The molecule has 3 heterocycles. The van der Waals surface area contributed by atoms with Crippen molar-refractivity contribution < 1.29 is 22.4 Å². The Morgan fingerprint density at radius 3 is 2.59 bits per heavy atom. The van der Waals surface area contributed by atoms with Crippen LogP contribution in [0.1, 0.15) is 42.7 Å². The third-order valence-corrected chi connectivity index (χ3v) is 6.22. The average Bonchev–Trinajstić information content (AvgIpc) is 3.39. The van der Waals surface area contributed by atoms with E-state index >= 15 is 0 Å². The van der Waals surface area contributed by atoms with Crippen LogP contribution in [-0.4, -0.2) is 25.6 Å². The van der Waals surface area contributed by atoms with Crippen molar-refractivity contribution in [2.24, 2.45) is 0 Å². The van der Waals surface area contributed by atoms with Crippen molar-refractivity contribution in [2.75, 3.05) is 0 Å². The summed E-state index contributed by atoms with van der Waals surface area (Å²) in [6.07, 6.45) is 2.03. The number of hydrogen-bond acceptors (Lipinski definition) is 5. The lowest BCUT2D eigenvalue weighted by molar-refractivity contribution is 0.0566. The van der Waals surface area contributed by atoms with E-state index in [0.29, 0.717) is 48.0 Å². The number of hydrogen-bond donors (Lipinski definition) is 0. The highest BCUT2D eigenvalue weighted by atomic mass is 19.1. The van der Waals surface area contributed by atoms with Crippen LogP contribution in [0.5, 0.6) is 5.88 Å². The summed E-state index contributed by atoms with van der Waals surface area (Å²) in [6.45, 7) is 0. The summed E-state index contributed by atoms with van der Waals surface area (Å²) in [5, 5.41) is 8.91. The normalized spacial score (nSPS) is 22.2. The molecule has 0 N–H and O–H groups in total. The lowest BCUT2D eigenvalue weighted by Crippen LogP contribution is -2.41. The number of aryl methyl sites for hydroxylation is 1. The number of aromatic nitrogens is 4. The van der Waals surface area contributed by atoms with E-state index in [-0.39, 0.29) is 23.7 Å². The summed E-state index contributed by atoms with van der Waals surface area (Å²) < 4.78 is 54.6. The third-order valence-electron chi connectivity index (χ3n) is 6.22. The van der Waals surface area contributed by atoms with Gasteiger partial charge in [0.05, 0.1) is 17.5 Å². The molecule has 2 aromatic heterocycles. The van der Waals surface area contributed by atoms with Crippen LogP contribution in [0.3, 0.4) is 0 Å². The highest BCUT2D eigenvalue weighted by Gasteiger charge is 2.38. The molecule has 0 amide bonds. The number of rotatable bonds is 4. The van der Waals surface area contributed by atoms with Crippen molar-refractivity contribution in [3.8, 4) is 5.88 Å². The van der Waals surface area contributed by atoms with Crippen molar-refractivity contribution >= 4 is 11.0 Å². The molecular weight excluding hydrogens is 425 g/mol. The van der Waals surface area contributed by atoms with Gasteiger partial charge in [-0.05, 0) is 41.4 Å². The topological polar surface area (TPSA) is 75.1 Å². The molecule has 1 fully saturated rings. The van der Waals surface area contributed by atoms with Gasteiger partial charge in [0.1, 0.15) is 29.4 Å². The van der Waals surface area contributed by atoms with Gasteiger partial charge in [-0.15, -0.1) is 0 Å². The monoisotopic (exact) mass is 442 g/mol. The van der Waals surface area contributed by atoms with Gasteiger partial charge < -0.3 is 9.26 Å². The molecule has 7 nitrogen and oxygen atoms in total. The minimum Gasteiger partial charge on any atom is -0.472 e. The van der Waals surface area contributed by atoms with Gasteiger partial charge >= 0.3 is 5.69 Å². The van der Waals surface area contributed by atoms with Crippen LogP contribution in [0.25, 0.3) is 11.0 Å². The number of ether oxygens (including phenoxy) is 1. The number of nitrogens with zero attached hydrogens (tertiary/aromatic N) is 4. The third kappa shape index (κ3) is 3.01. The van der Waals surface area contributed by atoms with Crippen LogP contribution in [0.4, 0.5) is 13.2 Å². The summed E-state index contributed by atoms with van der Waals surface area (Å²) in [5.74, 6) is -0.864. The molecule has 6 rings (SSSR count). The molecule has 32 heavy (non-hydrogen) atoms. The van der Waals surface area contributed by atoms with E-state index in [4.69, 9.17) is 9.26 Å². The Hall–Kier alpha value is -3.56. The predicted molar refractivity (Wildman–Crippen MR) is 106 cm³/mol. The molecule has 0 radical (unpaired) electrons. The van der Waals surface area contributed by atoms with Crippen molar-refractivity contribution in [1.29, 1.82) is 0 Å². The van der Waals surface area contributed by atoms with E-state index < -0.39 is 23.5 Å². The maximum Gasteiger partial charge on any atom is 0.346 e. The lowest BCUT2D eigenvalue weighted by atomic mass is 9.89. The number of fused-ring (bicyclic) bond motifs is 2. The van der Waals surface area contributed by atoms with Crippen molar-refractivity contribution in [2.45, 2.75) is 43.9 Å². The van der Waals surface area contributed by atoms with Crippen LogP contribution in [0, 0.1) is 17.5 Å². The number of benzene rings is 2. The Morgan fingerprint density at radius 2 is 1.81 bits per heavy atom. The summed E-state index contributed by atoms with van der Waals surface area (Å²) >= 11 is 0. The summed E-state index contributed by atoms with van der Waals surface area (Å²) in [5.41, 5.74) is 0.433. The Morgan fingerprint density at radius 1 is 1.03 bits per heavy atom. The molecule has 0 bridgehead atoms. The Labute approximate surface area is 179 Å². The van der Waals surface area contributed by atoms with Gasteiger partial charge in [0.25, 0.3) is 5.88 Å². The predicted octanol–water partition coefficient (Wildman–Crippen LogP) is 3.92. The zero-order chi connectivity index (χ0) is 22.0. The molecule has 0 saturated heterocycles. The van der Waals surface area contributed by atoms with Crippen LogP contribution in [-0.2, 0) is 6.42 Å². The van der Waals surface area contributed by atoms with Crippen molar-refractivity contribution in [3.05, 3.63) is 75.7 Å². The molecule has 1 aliphatic heterocycles. The van der Waals surface area contributed by atoms with Gasteiger partial charge in [0.2, 0.25) is 0 Å². The quantitative estimate of drug-likeness (QED) is 0.479. The maximum absolute atomic E-state index is 13.7. The molecule has 0 spiro atoms. The summed E-state index contributed by atoms with van der Waals surface area (Å²) in [6, 6.07) is 6.84. The van der Waals surface area contributed by atoms with Gasteiger partial charge in [-0.2, -0.15) is 5.10 Å². The van der Waals surface area contributed by atoms with Crippen molar-refractivity contribution in [1.82, 2.24) is 19.5 Å². The largest absolute Gasteiger partial charge is 0.472 e. The highest BCUT2D eigenvalue weighted by molar-refractivity contribution is 5.82. The fourth-order valence-corrected chi connectivity index (χ4v) is 4.60. The average molecular weight is 442 g/mol. The van der Waals surface area contributed by atoms with Crippen LogP contribution in [0.2, 0.25) is 0 Å². The molecule has 10 heteroatoms. The van der Waals surface area contributed by atoms with E-state index in [1.165, 1.54) is 33.5 Å². The Bertz CT molecular complexity index is 1380. The fourth-order valence-electron chi connectivity index (χ4n) is 4.60. The van der Waals surface area contributed by atoms with E-state index in [1.807, 2.05) is 0 Å². The first-order chi connectivity index (χ1) is 15.5. The van der Waals surface area contributed by atoms with Crippen molar-refractivity contribution in [3.63, 3.8) is 0 Å². The molecule has 4 aromatic rings.